The van der Waals surface area contributed by atoms with Crippen LogP contribution < -0.4 is 10.6 Å². The molecule has 0 saturated carbocycles. The Bertz CT molecular complexity index is 814. The molecule has 1 aromatic carbocycles. The van der Waals surface area contributed by atoms with Crippen molar-refractivity contribution in [2.45, 2.75) is 32.1 Å². The molecule has 5 nitrogen and oxygen atoms in total. The van der Waals surface area contributed by atoms with Gasteiger partial charge < -0.3 is 10.6 Å². The maximum absolute atomic E-state index is 12.4. The summed E-state index contributed by atoms with van der Waals surface area (Å²) >= 11 is 0. The van der Waals surface area contributed by atoms with E-state index in [2.05, 4.69) is 33.3 Å². The van der Waals surface area contributed by atoms with E-state index in [1.165, 1.54) is 31.3 Å². The van der Waals surface area contributed by atoms with Gasteiger partial charge >= 0.3 is 0 Å². The van der Waals surface area contributed by atoms with Gasteiger partial charge in [0.2, 0.25) is 0 Å². The van der Waals surface area contributed by atoms with E-state index in [1.807, 2.05) is 30.3 Å². The lowest BCUT2D eigenvalue weighted by Crippen LogP contribution is -2.25. The van der Waals surface area contributed by atoms with E-state index in [-0.39, 0.29) is 5.91 Å². The second-order valence-electron chi connectivity index (χ2n) is 6.61. The minimum absolute atomic E-state index is 0.229. The van der Waals surface area contributed by atoms with Crippen LogP contribution in [0, 0.1) is 0 Å². The van der Waals surface area contributed by atoms with E-state index in [9.17, 15) is 4.79 Å². The van der Waals surface area contributed by atoms with Gasteiger partial charge in [-0.1, -0.05) is 48.1 Å². The number of carbonyl (C=O) groups excluding carboxylic acids is 1. The topological polar surface area (TPSA) is 66.9 Å². The molecule has 1 amide bonds. The van der Waals surface area contributed by atoms with Crippen LogP contribution in [0.25, 0.3) is 11.4 Å². The summed E-state index contributed by atoms with van der Waals surface area (Å²) in [4.78, 5) is 21.4. The van der Waals surface area contributed by atoms with Crippen molar-refractivity contribution in [3.63, 3.8) is 0 Å². The number of hydrogen-bond donors (Lipinski definition) is 2. The standard InChI is InChI=1S/C22H26N4O/c1-2-14-24-22(27)19-16-20(23-15-13-17-9-5-3-6-10-17)26-21(25-19)18-11-7-4-8-12-18/h2,4,7-9,11-12,16H,1,3,5-6,10,13-15H2,(H,24,27)(H,23,25,26). The molecule has 0 atom stereocenters. The third-order valence-corrected chi connectivity index (χ3v) is 4.53. The molecular formula is C22H26N4O. The molecule has 1 aliphatic rings. The van der Waals surface area contributed by atoms with E-state index in [0.29, 0.717) is 23.9 Å². The lowest BCUT2D eigenvalue weighted by Gasteiger charge is -2.14. The average Bonchev–Trinajstić information content (AvgIpc) is 2.73. The molecule has 1 heterocycles. The normalized spacial score (nSPS) is 13.6. The highest BCUT2D eigenvalue weighted by Crippen LogP contribution is 2.21. The summed E-state index contributed by atoms with van der Waals surface area (Å²) in [6.45, 7) is 4.83. The van der Waals surface area contributed by atoms with Crippen molar-refractivity contribution in [2.75, 3.05) is 18.4 Å². The maximum atomic E-state index is 12.4. The van der Waals surface area contributed by atoms with E-state index in [1.54, 1.807) is 12.1 Å². The Balaban J connectivity index is 1.77. The van der Waals surface area contributed by atoms with Crippen LogP contribution in [0.4, 0.5) is 5.82 Å². The summed E-state index contributed by atoms with van der Waals surface area (Å²) in [6, 6.07) is 11.4. The van der Waals surface area contributed by atoms with Gasteiger partial charge in [-0.25, -0.2) is 9.97 Å². The fourth-order valence-electron chi connectivity index (χ4n) is 3.11. The lowest BCUT2D eigenvalue weighted by molar-refractivity contribution is 0.0953. The van der Waals surface area contributed by atoms with Crippen LogP contribution in [0.2, 0.25) is 0 Å². The molecule has 2 aromatic rings. The van der Waals surface area contributed by atoms with E-state index in [4.69, 9.17) is 0 Å². The zero-order valence-corrected chi connectivity index (χ0v) is 15.6. The molecular weight excluding hydrogens is 336 g/mol. The predicted octanol–water partition coefficient (Wildman–Crippen LogP) is 4.36. The summed E-state index contributed by atoms with van der Waals surface area (Å²) in [5.41, 5.74) is 2.74. The Hall–Kier alpha value is -2.95. The minimum Gasteiger partial charge on any atom is -0.370 e. The highest BCUT2D eigenvalue weighted by molar-refractivity contribution is 5.93. The number of allylic oxidation sites excluding steroid dienone is 1. The van der Waals surface area contributed by atoms with Crippen molar-refractivity contribution >= 4 is 11.7 Å². The molecule has 0 radical (unpaired) electrons. The first-order valence-electron chi connectivity index (χ1n) is 9.51. The fraction of sp³-hybridized carbons (Fsp3) is 0.318. The van der Waals surface area contributed by atoms with E-state index >= 15 is 0 Å². The van der Waals surface area contributed by atoms with Crippen molar-refractivity contribution in [3.05, 3.63) is 66.4 Å². The van der Waals surface area contributed by atoms with Crippen molar-refractivity contribution in [1.29, 1.82) is 0 Å². The summed E-state index contributed by atoms with van der Waals surface area (Å²) in [7, 11) is 0. The van der Waals surface area contributed by atoms with Gasteiger partial charge in [-0.3, -0.25) is 4.79 Å². The number of aromatic nitrogens is 2. The van der Waals surface area contributed by atoms with Crippen molar-refractivity contribution < 1.29 is 4.79 Å². The van der Waals surface area contributed by atoms with Gasteiger partial charge in [-0.2, -0.15) is 0 Å². The van der Waals surface area contributed by atoms with Crippen LogP contribution in [0.1, 0.15) is 42.6 Å². The number of nitrogens with one attached hydrogen (secondary N) is 2. The molecule has 0 saturated heterocycles. The number of amides is 1. The molecule has 3 rings (SSSR count). The van der Waals surface area contributed by atoms with Crippen LogP contribution in [-0.4, -0.2) is 29.0 Å². The lowest BCUT2D eigenvalue weighted by atomic mass is 9.97. The molecule has 0 fully saturated rings. The predicted molar refractivity (Wildman–Crippen MR) is 110 cm³/mol. The molecule has 1 aliphatic carbocycles. The minimum atomic E-state index is -0.229. The van der Waals surface area contributed by atoms with Gasteiger partial charge in [-0.05, 0) is 32.1 Å². The molecule has 0 spiro atoms. The van der Waals surface area contributed by atoms with Gasteiger partial charge in [0, 0.05) is 24.7 Å². The van der Waals surface area contributed by atoms with Crippen molar-refractivity contribution in [2.24, 2.45) is 0 Å². The monoisotopic (exact) mass is 362 g/mol. The van der Waals surface area contributed by atoms with Crippen LogP contribution in [0.5, 0.6) is 0 Å². The molecule has 0 unspecified atom stereocenters. The first-order valence-corrected chi connectivity index (χ1v) is 9.51. The number of nitrogens with zero attached hydrogens (tertiary/aromatic N) is 2. The Morgan fingerprint density at radius 2 is 2.04 bits per heavy atom. The van der Waals surface area contributed by atoms with Gasteiger partial charge in [0.15, 0.2) is 5.82 Å². The number of benzene rings is 1. The van der Waals surface area contributed by atoms with Gasteiger partial charge in [0.1, 0.15) is 11.5 Å². The Labute approximate surface area is 160 Å². The summed E-state index contributed by atoms with van der Waals surface area (Å²) in [6.07, 6.45) is 9.97. The van der Waals surface area contributed by atoms with E-state index < -0.39 is 0 Å². The highest BCUT2D eigenvalue weighted by atomic mass is 16.1. The molecule has 27 heavy (non-hydrogen) atoms. The van der Waals surface area contributed by atoms with Crippen molar-refractivity contribution in [1.82, 2.24) is 15.3 Å². The van der Waals surface area contributed by atoms with Crippen LogP contribution in [-0.2, 0) is 0 Å². The number of anilines is 1. The SMILES string of the molecule is C=CCNC(=O)c1cc(NCCC2=CCCCC2)nc(-c2ccccc2)n1. The molecule has 5 heteroatoms. The Morgan fingerprint density at radius 3 is 2.78 bits per heavy atom. The third kappa shape index (κ3) is 5.51. The number of hydrogen-bond acceptors (Lipinski definition) is 4. The van der Waals surface area contributed by atoms with Gasteiger partial charge in [0.05, 0.1) is 0 Å². The highest BCUT2D eigenvalue weighted by Gasteiger charge is 2.13. The van der Waals surface area contributed by atoms with Crippen LogP contribution in [0.3, 0.4) is 0 Å². The summed E-state index contributed by atoms with van der Waals surface area (Å²) in [5.74, 6) is 0.984. The third-order valence-electron chi connectivity index (χ3n) is 4.53. The zero-order chi connectivity index (χ0) is 18.9. The molecule has 140 valence electrons. The molecule has 2 N–H and O–H groups in total. The van der Waals surface area contributed by atoms with Crippen molar-refractivity contribution in [3.8, 4) is 11.4 Å². The largest absolute Gasteiger partial charge is 0.370 e. The van der Waals surface area contributed by atoms with E-state index in [0.717, 1.165) is 18.5 Å². The average molecular weight is 362 g/mol. The second-order valence-corrected chi connectivity index (χ2v) is 6.61. The number of rotatable bonds is 8. The quantitative estimate of drug-likeness (QED) is 0.685. The number of carbonyl (C=O) groups is 1. The maximum Gasteiger partial charge on any atom is 0.270 e. The van der Waals surface area contributed by atoms with Crippen LogP contribution >= 0.6 is 0 Å². The molecule has 1 aromatic heterocycles. The molecule has 0 aliphatic heterocycles. The summed E-state index contributed by atoms with van der Waals surface area (Å²) < 4.78 is 0. The smallest absolute Gasteiger partial charge is 0.270 e. The first-order chi connectivity index (χ1) is 13.3. The Kier molecular flexibility index (Phi) is 6.74. The summed E-state index contributed by atoms with van der Waals surface area (Å²) in [5, 5.41) is 6.14. The van der Waals surface area contributed by atoms with Crippen LogP contribution in [0.15, 0.2) is 60.7 Å². The zero-order valence-electron chi connectivity index (χ0n) is 15.6. The Morgan fingerprint density at radius 1 is 1.19 bits per heavy atom. The second kappa shape index (κ2) is 9.67. The van der Waals surface area contributed by atoms with Gasteiger partial charge in [-0.15, -0.1) is 6.58 Å². The first kappa shape index (κ1) is 18.8. The molecule has 0 bridgehead atoms. The fourth-order valence-corrected chi connectivity index (χ4v) is 3.11. The van der Waals surface area contributed by atoms with Gasteiger partial charge in [0.25, 0.3) is 5.91 Å².